The summed E-state index contributed by atoms with van der Waals surface area (Å²) in [5.41, 5.74) is 1.46. The van der Waals surface area contributed by atoms with Crippen molar-refractivity contribution in [2.45, 2.75) is 19.4 Å². The molecule has 0 bridgehead atoms. The van der Waals surface area contributed by atoms with Gasteiger partial charge in [-0.25, -0.2) is 4.39 Å². The Kier molecular flexibility index (Phi) is 5.03. The Hall–Kier alpha value is -3.61. The maximum absolute atomic E-state index is 14.2. The zero-order chi connectivity index (χ0) is 20.4. The standard InChI is InChI=1S/C22H20FN3O3/c1-15-22(28)26(19-6-2-3-7-20(19)29-15)13-10-21(27)24-18-14-16(8-9-17(18)23)25-11-4-5-12-25/h2-9,11-12,14-15H,10,13H2,1H3,(H,24,27). The van der Waals surface area contributed by atoms with Crippen molar-refractivity contribution in [3.63, 3.8) is 0 Å². The number of carbonyl (C=O) groups excluding carboxylic acids is 2. The van der Waals surface area contributed by atoms with Crippen LogP contribution in [-0.2, 0) is 9.59 Å². The normalized spacial score (nSPS) is 15.6. The van der Waals surface area contributed by atoms with Gasteiger partial charge in [0.2, 0.25) is 5.91 Å². The second kappa shape index (κ2) is 7.79. The molecule has 6 nitrogen and oxygen atoms in total. The van der Waals surface area contributed by atoms with Gasteiger partial charge < -0.3 is 19.5 Å². The molecule has 1 N–H and O–H groups in total. The number of ether oxygens (including phenoxy) is 1. The van der Waals surface area contributed by atoms with E-state index < -0.39 is 11.9 Å². The van der Waals surface area contributed by atoms with Crippen LogP contribution in [0.5, 0.6) is 5.75 Å². The van der Waals surface area contributed by atoms with Crippen molar-refractivity contribution in [2.24, 2.45) is 0 Å². The molecule has 0 saturated carbocycles. The SMILES string of the molecule is CC1Oc2ccccc2N(CCC(=O)Nc2cc(-n3cccc3)ccc2F)C1=O. The number of hydrogen-bond donors (Lipinski definition) is 1. The summed E-state index contributed by atoms with van der Waals surface area (Å²) in [5, 5.41) is 2.61. The zero-order valence-electron chi connectivity index (χ0n) is 15.8. The maximum Gasteiger partial charge on any atom is 0.267 e. The first-order valence-corrected chi connectivity index (χ1v) is 9.33. The van der Waals surface area contributed by atoms with E-state index in [0.29, 0.717) is 11.4 Å². The van der Waals surface area contributed by atoms with Crippen molar-refractivity contribution in [3.8, 4) is 11.4 Å². The maximum atomic E-state index is 14.2. The fourth-order valence-electron chi connectivity index (χ4n) is 3.29. The van der Waals surface area contributed by atoms with Gasteiger partial charge in [0.15, 0.2) is 6.10 Å². The van der Waals surface area contributed by atoms with Crippen LogP contribution >= 0.6 is 0 Å². The predicted octanol–water partition coefficient (Wildman–Crippen LogP) is 3.76. The molecule has 1 unspecified atom stereocenters. The van der Waals surface area contributed by atoms with E-state index in [-0.39, 0.29) is 30.5 Å². The van der Waals surface area contributed by atoms with Crippen LogP contribution < -0.4 is 15.0 Å². The Morgan fingerprint density at radius 2 is 1.90 bits per heavy atom. The van der Waals surface area contributed by atoms with Crippen LogP contribution in [0.1, 0.15) is 13.3 Å². The molecule has 4 rings (SSSR count). The van der Waals surface area contributed by atoms with Gasteiger partial charge in [0.1, 0.15) is 11.6 Å². The second-order valence-electron chi connectivity index (χ2n) is 6.77. The number of hydrogen-bond acceptors (Lipinski definition) is 3. The molecule has 1 atom stereocenters. The first kappa shape index (κ1) is 18.7. The molecule has 0 aliphatic carbocycles. The number of benzene rings is 2. The van der Waals surface area contributed by atoms with E-state index in [1.54, 1.807) is 37.3 Å². The number of amides is 2. The number of rotatable bonds is 5. The van der Waals surface area contributed by atoms with Gasteiger partial charge in [0, 0.05) is 31.0 Å². The van der Waals surface area contributed by atoms with Gasteiger partial charge in [0.25, 0.3) is 5.91 Å². The first-order chi connectivity index (χ1) is 14.0. The molecule has 1 aliphatic heterocycles. The molecule has 0 radical (unpaired) electrons. The van der Waals surface area contributed by atoms with Crippen LogP contribution in [0.15, 0.2) is 67.0 Å². The Bertz CT molecular complexity index is 1050. The fraction of sp³-hybridized carbons (Fsp3) is 0.182. The minimum Gasteiger partial charge on any atom is -0.479 e. The van der Waals surface area contributed by atoms with E-state index in [2.05, 4.69) is 5.32 Å². The third-order valence-corrected chi connectivity index (χ3v) is 4.76. The number of nitrogens with one attached hydrogen (secondary N) is 1. The van der Waals surface area contributed by atoms with E-state index in [1.165, 1.54) is 11.0 Å². The average Bonchev–Trinajstić information content (AvgIpc) is 3.25. The summed E-state index contributed by atoms with van der Waals surface area (Å²) in [6.45, 7) is 1.85. The highest BCUT2D eigenvalue weighted by Gasteiger charge is 2.31. The van der Waals surface area contributed by atoms with Crippen LogP contribution in [0.2, 0.25) is 0 Å². The topological polar surface area (TPSA) is 63.6 Å². The Morgan fingerprint density at radius 1 is 1.14 bits per heavy atom. The van der Waals surface area contributed by atoms with Crippen molar-refractivity contribution in [1.82, 2.24) is 4.57 Å². The minimum absolute atomic E-state index is 0.0278. The Labute approximate surface area is 167 Å². The van der Waals surface area contributed by atoms with E-state index >= 15 is 0 Å². The number of halogens is 1. The fourth-order valence-corrected chi connectivity index (χ4v) is 3.29. The molecule has 3 aromatic rings. The second-order valence-corrected chi connectivity index (χ2v) is 6.77. The largest absolute Gasteiger partial charge is 0.479 e. The summed E-state index contributed by atoms with van der Waals surface area (Å²) in [7, 11) is 0. The molecule has 1 aliphatic rings. The first-order valence-electron chi connectivity index (χ1n) is 9.33. The molecular formula is C22H20FN3O3. The van der Waals surface area contributed by atoms with E-state index in [9.17, 15) is 14.0 Å². The summed E-state index contributed by atoms with van der Waals surface area (Å²) in [5.74, 6) is -0.503. The van der Waals surface area contributed by atoms with Gasteiger partial charge in [-0.3, -0.25) is 9.59 Å². The monoisotopic (exact) mass is 393 g/mol. The molecule has 0 spiro atoms. The molecule has 29 heavy (non-hydrogen) atoms. The van der Waals surface area contributed by atoms with Crippen molar-refractivity contribution in [1.29, 1.82) is 0 Å². The third-order valence-electron chi connectivity index (χ3n) is 4.76. The molecular weight excluding hydrogens is 373 g/mol. The van der Waals surface area contributed by atoms with E-state index in [1.807, 2.05) is 35.2 Å². The van der Waals surface area contributed by atoms with E-state index in [4.69, 9.17) is 4.74 Å². The zero-order valence-corrected chi connectivity index (χ0v) is 15.8. The van der Waals surface area contributed by atoms with Crippen molar-refractivity contribution in [3.05, 3.63) is 72.8 Å². The van der Waals surface area contributed by atoms with Gasteiger partial charge in [-0.05, 0) is 49.4 Å². The Morgan fingerprint density at radius 3 is 2.69 bits per heavy atom. The number of para-hydroxylation sites is 2. The minimum atomic E-state index is -0.622. The summed E-state index contributed by atoms with van der Waals surface area (Å²) in [6.07, 6.45) is 3.08. The number of nitrogens with zero attached hydrogens (tertiary/aromatic N) is 2. The summed E-state index contributed by atoms with van der Waals surface area (Å²) in [4.78, 5) is 26.5. The highest BCUT2D eigenvalue weighted by molar-refractivity contribution is 6.00. The molecule has 148 valence electrons. The highest BCUT2D eigenvalue weighted by Crippen LogP contribution is 2.33. The van der Waals surface area contributed by atoms with Gasteiger partial charge in [-0.2, -0.15) is 0 Å². The van der Waals surface area contributed by atoms with Crippen LogP contribution in [0.3, 0.4) is 0 Å². The van der Waals surface area contributed by atoms with Crippen LogP contribution in [0, 0.1) is 5.82 Å². The average molecular weight is 393 g/mol. The molecule has 2 amide bonds. The molecule has 0 fully saturated rings. The number of carbonyl (C=O) groups is 2. The van der Waals surface area contributed by atoms with Gasteiger partial charge in [-0.15, -0.1) is 0 Å². The number of aromatic nitrogens is 1. The quantitative estimate of drug-likeness (QED) is 0.718. The summed E-state index contributed by atoms with van der Waals surface area (Å²) in [6, 6.07) is 15.4. The summed E-state index contributed by atoms with van der Waals surface area (Å²) >= 11 is 0. The summed E-state index contributed by atoms with van der Waals surface area (Å²) < 4.78 is 21.6. The third kappa shape index (κ3) is 3.85. The van der Waals surface area contributed by atoms with Gasteiger partial charge in [-0.1, -0.05) is 12.1 Å². The van der Waals surface area contributed by atoms with Crippen molar-refractivity contribution < 1.29 is 18.7 Å². The number of fused-ring (bicyclic) bond motifs is 1. The van der Waals surface area contributed by atoms with Gasteiger partial charge >= 0.3 is 0 Å². The lowest BCUT2D eigenvalue weighted by molar-refractivity contribution is -0.125. The molecule has 0 saturated heterocycles. The van der Waals surface area contributed by atoms with Crippen LogP contribution in [0.25, 0.3) is 5.69 Å². The molecule has 2 heterocycles. The van der Waals surface area contributed by atoms with Crippen LogP contribution in [-0.4, -0.2) is 29.0 Å². The molecule has 7 heteroatoms. The molecule has 1 aromatic heterocycles. The van der Waals surface area contributed by atoms with Crippen molar-refractivity contribution >= 4 is 23.2 Å². The van der Waals surface area contributed by atoms with Gasteiger partial charge in [0.05, 0.1) is 11.4 Å². The lowest BCUT2D eigenvalue weighted by Crippen LogP contribution is -2.45. The molecule has 2 aromatic carbocycles. The lowest BCUT2D eigenvalue weighted by atomic mass is 10.1. The number of anilines is 2. The Balaban J connectivity index is 1.46. The highest BCUT2D eigenvalue weighted by atomic mass is 19.1. The van der Waals surface area contributed by atoms with Crippen LogP contribution in [0.4, 0.5) is 15.8 Å². The van der Waals surface area contributed by atoms with E-state index in [0.717, 1.165) is 5.69 Å². The predicted molar refractivity (Wildman–Crippen MR) is 108 cm³/mol. The van der Waals surface area contributed by atoms with Crippen molar-refractivity contribution in [2.75, 3.05) is 16.8 Å². The lowest BCUT2D eigenvalue weighted by Gasteiger charge is -2.32. The smallest absolute Gasteiger partial charge is 0.267 e.